The number of alkyl carbamates (subject to hydrolysis) is 1. The summed E-state index contributed by atoms with van der Waals surface area (Å²) in [6.07, 6.45) is 0.912. The molecule has 2 amide bonds. The predicted molar refractivity (Wildman–Crippen MR) is 137 cm³/mol. The molecule has 0 bridgehead atoms. The van der Waals surface area contributed by atoms with Gasteiger partial charge in [-0.25, -0.2) is 9.59 Å². The van der Waals surface area contributed by atoms with Crippen molar-refractivity contribution in [3.05, 3.63) is 108 Å². The first-order valence-corrected chi connectivity index (χ1v) is 11.8. The van der Waals surface area contributed by atoms with E-state index in [1.807, 2.05) is 66.7 Å². The Balaban J connectivity index is 1.46. The van der Waals surface area contributed by atoms with Crippen LogP contribution >= 0.6 is 0 Å². The van der Waals surface area contributed by atoms with Crippen molar-refractivity contribution in [2.75, 3.05) is 6.61 Å². The number of fused-ring (bicyclic) bond motifs is 3. The van der Waals surface area contributed by atoms with Gasteiger partial charge in [-0.05, 0) is 34.2 Å². The van der Waals surface area contributed by atoms with E-state index in [0.29, 0.717) is 0 Å². The number of carboxylic acids is 1. The first kappa shape index (κ1) is 24.7. The molecule has 4 rings (SSSR count). The maximum absolute atomic E-state index is 13.0. The van der Waals surface area contributed by atoms with Crippen LogP contribution in [0.3, 0.4) is 0 Å². The molecule has 0 heterocycles. The Kier molecular flexibility index (Phi) is 7.80. The largest absolute Gasteiger partial charge is 0.480 e. The van der Waals surface area contributed by atoms with Crippen molar-refractivity contribution in [3.8, 4) is 11.1 Å². The Bertz CT molecular complexity index is 1210. The number of rotatable bonds is 10. The number of amides is 2. The third-order valence-electron chi connectivity index (χ3n) is 6.25. The monoisotopic (exact) mass is 484 g/mol. The van der Waals surface area contributed by atoms with Crippen molar-refractivity contribution in [1.29, 1.82) is 0 Å². The molecule has 36 heavy (non-hydrogen) atoms. The minimum Gasteiger partial charge on any atom is -0.480 e. The third kappa shape index (κ3) is 5.63. The molecule has 0 aromatic heterocycles. The molecule has 1 aliphatic rings. The molecule has 7 nitrogen and oxygen atoms in total. The SMILES string of the molecule is C=CCC(NC(=O)C(Cc1ccccc1)NC(=O)OCC1c2ccccc2-c2ccccc21)C(=O)O. The Labute approximate surface area is 209 Å². The zero-order chi connectivity index (χ0) is 25.5. The van der Waals surface area contributed by atoms with Gasteiger partial charge < -0.3 is 20.5 Å². The van der Waals surface area contributed by atoms with Crippen LogP contribution < -0.4 is 10.6 Å². The van der Waals surface area contributed by atoms with Gasteiger partial charge in [-0.3, -0.25) is 4.79 Å². The summed E-state index contributed by atoms with van der Waals surface area (Å²) in [6, 6.07) is 23.0. The molecule has 0 aliphatic heterocycles. The van der Waals surface area contributed by atoms with Gasteiger partial charge in [0.15, 0.2) is 0 Å². The normalized spacial score (nSPS) is 13.6. The summed E-state index contributed by atoms with van der Waals surface area (Å²) in [5, 5.41) is 14.5. The summed E-state index contributed by atoms with van der Waals surface area (Å²) in [7, 11) is 0. The minimum absolute atomic E-state index is 0.0596. The van der Waals surface area contributed by atoms with Crippen LogP contribution in [-0.2, 0) is 20.7 Å². The number of carboxylic acid groups (broad SMARTS) is 1. The average Bonchev–Trinajstić information content (AvgIpc) is 3.21. The molecule has 0 radical (unpaired) electrons. The number of carbonyl (C=O) groups is 3. The third-order valence-corrected chi connectivity index (χ3v) is 6.25. The molecular weight excluding hydrogens is 456 g/mol. The van der Waals surface area contributed by atoms with E-state index in [9.17, 15) is 19.5 Å². The molecule has 0 fully saturated rings. The van der Waals surface area contributed by atoms with Crippen molar-refractivity contribution in [1.82, 2.24) is 10.6 Å². The van der Waals surface area contributed by atoms with Gasteiger partial charge in [-0.1, -0.05) is 84.9 Å². The summed E-state index contributed by atoms with van der Waals surface area (Å²) in [4.78, 5) is 37.3. The summed E-state index contributed by atoms with van der Waals surface area (Å²) in [6.45, 7) is 3.65. The summed E-state index contributed by atoms with van der Waals surface area (Å²) >= 11 is 0. The van der Waals surface area contributed by atoms with Crippen molar-refractivity contribution in [3.63, 3.8) is 0 Å². The van der Waals surface area contributed by atoms with Crippen molar-refractivity contribution in [2.24, 2.45) is 0 Å². The number of ether oxygens (including phenoxy) is 1. The molecule has 3 aromatic carbocycles. The number of carbonyl (C=O) groups excluding carboxylic acids is 2. The second-order valence-electron chi connectivity index (χ2n) is 8.64. The lowest BCUT2D eigenvalue weighted by atomic mass is 9.98. The molecule has 3 N–H and O–H groups in total. The van der Waals surface area contributed by atoms with Crippen LogP contribution in [0.15, 0.2) is 91.5 Å². The number of aliphatic carboxylic acids is 1. The van der Waals surface area contributed by atoms with Gasteiger partial charge in [-0.2, -0.15) is 0 Å². The van der Waals surface area contributed by atoms with Crippen LogP contribution in [-0.4, -0.2) is 41.8 Å². The van der Waals surface area contributed by atoms with Gasteiger partial charge in [0.2, 0.25) is 5.91 Å². The highest BCUT2D eigenvalue weighted by molar-refractivity contribution is 5.89. The van der Waals surface area contributed by atoms with Crippen molar-refractivity contribution in [2.45, 2.75) is 30.8 Å². The lowest BCUT2D eigenvalue weighted by Gasteiger charge is -2.22. The zero-order valence-corrected chi connectivity index (χ0v) is 19.7. The van der Waals surface area contributed by atoms with E-state index in [2.05, 4.69) is 29.3 Å². The van der Waals surface area contributed by atoms with Gasteiger partial charge in [-0.15, -0.1) is 6.58 Å². The Hall–Kier alpha value is -4.39. The molecule has 0 saturated carbocycles. The zero-order valence-electron chi connectivity index (χ0n) is 19.7. The standard InChI is InChI=1S/C29H28N2O5/c1-2-10-25(28(33)34)30-27(32)26(17-19-11-4-3-5-12-19)31-29(35)36-18-24-22-15-8-6-13-20(22)21-14-7-9-16-23(21)24/h2-9,11-16,24-26H,1,10,17-18H2,(H,30,32)(H,31,35)(H,33,34). The second kappa shape index (κ2) is 11.4. The van der Waals surface area contributed by atoms with Crippen molar-refractivity contribution >= 4 is 18.0 Å². The van der Waals surface area contributed by atoms with E-state index < -0.39 is 30.1 Å². The topological polar surface area (TPSA) is 105 Å². The van der Waals surface area contributed by atoms with E-state index in [4.69, 9.17) is 4.74 Å². The predicted octanol–water partition coefficient (Wildman–Crippen LogP) is 4.28. The van der Waals surface area contributed by atoms with E-state index in [1.54, 1.807) is 0 Å². The number of benzene rings is 3. The second-order valence-corrected chi connectivity index (χ2v) is 8.64. The van der Waals surface area contributed by atoms with Crippen LogP contribution in [0, 0.1) is 0 Å². The number of nitrogens with one attached hydrogen (secondary N) is 2. The van der Waals surface area contributed by atoms with Gasteiger partial charge >= 0.3 is 12.1 Å². The lowest BCUT2D eigenvalue weighted by Crippen LogP contribution is -2.52. The van der Waals surface area contributed by atoms with Crippen LogP contribution in [0.4, 0.5) is 4.79 Å². The molecule has 184 valence electrons. The van der Waals surface area contributed by atoms with E-state index >= 15 is 0 Å². The maximum Gasteiger partial charge on any atom is 0.407 e. The summed E-state index contributed by atoms with van der Waals surface area (Å²) in [5.41, 5.74) is 5.21. The fraction of sp³-hybridized carbons (Fsp3) is 0.207. The first-order chi connectivity index (χ1) is 17.5. The molecular formula is C29H28N2O5. The molecule has 0 spiro atoms. The highest BCUT2D eigenvalue weighted by atomic mass is 16.5. The van der Waals surface area contributed by atoms with Gasteiger partial charge in [0.1, 0.15) is 18.7 Å². The number of hydrogen-bond donors (Lipinski definition) is 3. The molecule has 0 saturated heterocycles. The molecule has 2 atom stereocenters. The number of hydrogen-bond acceptors (Lipinski definition) is 4. The van der Waals surface area contributed by atoms with E-state index in [-0.39, 0.29) is 25.4 Å². The maximum atomic E-state index is 13.0. The van der Waals surface area contributed by atoms with Crippen LogP contribution in [0.5, 0.6) is 0 Å². The highest BCUT2D eigenvalue weighted by Gasteiger charge is 2.30. The molecule has 1 aliphatic carbocycles. The fourth-order valence-electron chi connectivity index (χ4n) is 4.50. The van der Waals surface area contributed by atoms with Gasteiger partial charge in [0.25, 0.3) is 0 Å². The minimum atomic E-state index is -1.18. The Morgan fingerprint density at radius 3 is 2.03 bits per heavy atom. The van der Waals surface area contributed by atoms with Crippen molar-refractivity contribution < 1.29 is 24.2 Å². The van der Waals surface area contributed by atoms with Gasteiger partial charge in [0, 0.05) is 12.3 Å². The van der Waals surface area contributed by atoms with Crippen LogP contribution in [0.1, 0.15) is 29.0 Å². The molecule has 7 heteroatoms. The van der Waals surface area contributed by atoms with Crippen LogP contribution in [0.2, 0.25) is 0 Å². The van der Waals surface area contributed by atoms with Gasteiger partial charge in [0.05, 0.1) is 0 Å². The van der Waals surface area contributed by atoms with Crippen LogP contribution in [0.25, 0.3) is 11.1 Å². The lowest BCUT2D eigenvalue weighted by molar-refractivity contribution is -0.142. The molecule has 2 unspecified atom stereocenters. The summed E-state index contributed by atoms with van der Waals surface area (Å²) in [5.74, 6) is -1.90. The summed E-state index contributed by atoms with van der Waals surface area (Å²) < 4.78 is 5.60. The Morgan fingerprint density at radius 1 is 0.861 bits per heavy atom. The van der Waals surface area contributed by atoms with E-state index in [1.165, 1.54) is 6.08 Å². The smallest absolute Gasteiger partial charge is 0.407 e. The first-order valence-electron chi connectivity index (χ1n) is 11.8. The van der Waals surface area contributed by atoms with E-state index in [0.717, 1.165) is 27.8 Å². The molecule has 3 aromatic rings. The fourth-order valence-corrected chi connectivity index (χ4v) is 4.50. The average molecular weight is 485 g/mol. The quantitative estimate of drug-likeness (QED) is 0.373. The highest BCUT2D eigenvalue weighted by Crippen LogP contribution is 2.44. The Morgan fingerprint density at radius 2 is 1.44 bits per heavy atom.